The van der Waals surface area contributed by atoms with Gasteiger partial charge in [0, 0.05) is 31.5 Å². The van der Waals surface area contributed by atoms with Crippen LogP contribution < -0.4 is 9.47 Å². The summed E-state index contributed by atoms with van der Waals surface area (Å²) in [5, 5.41) is 0. The number of Topliss-reactive ketones (excluding diaryl/α,β-unsaturated/α-hetero) is 1. The van der Waals surface area contributed by atoms with Gasteiger partial charge in [0.15, 0.2) is 17.3 Å². The summed E-state index contributed by atoms with van der Waals surface area (Å²) in [7, 11) is 3.78. The molecule has 0 aliphatic carbocycles. The zero-order chi connectivity index (χ0) is 22.3. The number of hydrogen-bond donors (Lipinski definition) is 0. The van der Waals surface area contributed by atoms with Gasteiger partial charge < -0.3 is 24.0 Å². The maximum atomic E-state index is 12.7. The third-order valence-corrected chi connectivity index (χ3v) is 4.34. The molecule has 166 valence electrons. The molecule has 0 aromatic heterocycles. The predicted octanol–water partition coefficient (Wildman–Crippen LogP) is 2.15. The minimum Gasteiger partial charge on any atom is -0.486 e. The fraction of sp³-hybridized carbons (Fsp3) is 0.591. The quantitative estimate of drug-likeness (QED) is 0.447. The van der Waals surface area contributed by atoms with Gasteiger partial charge in [-0.05, 0) is 53.1 Å². The first-order chi connectivity index (χ1) is 14.0. The Morgan fingerprint density at radius 3 is 2.30 bits per heavy atom. The molecule has 0 saturated carbocycles. The second-order valence-electron chi connectivity index (χ2n) is 8.49. The van der Waals surface area contributed by atoms with E-state index in [0.29, 0.717) is 43.4 Å². The number of carbonyl (C=O) groups is 3. The minimum absolute atomic E-state index is 0.0174. The molecule has 8 heteroatoms. The molecule has 0 saturated heterocycles. The van der Waals surface area contributed by atoms with Gasteiger partial charge in [-0.15, -0.1) is 0 Å². The lowest BCUT2D eigenvalue weighted by Crippen LogP contribution is -2.42. The van der Waals surface area contributed by atoms with Crippen LogP contribution in [0.1, 0.15) is 44.0 Å². The SMILES string of the molecule is CN(C)CCN(CC(=O)OC(C)(C)C)C(=O)CCC(=O)c1ccc2c(c1)OCCO2. The summed E-state index contributed by atoms with van der Waals surface area (Å²) < 4.78 is 16.3. The maximum Gasteiger partial charge on any atom is 0.326 e. The molecule has 0 bridgehead atoms. The molecule has 8 nitrogen and oxygen atoms in total. The molecule has 1 amide bonds. The van der Waals surface area contributed by atoms with E-state index in [1.165, 1.54) is 4.90 Å². The average Bonchev–Trinajstić information content (AvgIpc) is 2.67. The highest BCUT2D eigenvalue weighted by atomic mass is 16.6. The van der Waals surface area contributed by atoms with Gasteiger partial charge in [0.05, 0.1) is 0 Å². The summed E-state index contributed by atoms with van der Waals surface area (Å²) >= 11 is 0. The highest BCUT2D eigenvalue weighted by Gasteiger charge is 2.23. The lowest BCUT2D eigenvalue weighted by molar-refractivity contribution is -0.159. The van der Waals surface area contributed by atoms with E-state index in [1.54, 1.807) is 39.0 Å². The molecule has 0 spiro atoms. The van der Waals surface area contributed by atoms with Gasteiger partial charge in [-0.2, -0.15) is 0 Å². The van der Waals surface area contributed by atoms with Gasteiger partial charge in [0.2, 0.25) is 5.91 Å². The van der Waals surface area contributed by atoms with Gasteiger partial charge in [0.25, 0.3) is 0 Å². The van der Waals surface area contributed by atoms with Gasteiger partial charge in [0.1, 0.15) is 25.4 Å². The largest absolute Gasteiger partial charge is 0.486 e. The van der Waals surface area contributed by atoms with Gasteiger partial charge in [-0.1, -0.05) is 0 Å². The number of rotatable bonds is 9. The molecule has 0 atom stereocenters. The number of hydrogen-bond acceptors (Lipinski definition) is 7. The van der Waals surface area contributed by atoms with E-state index in [1.807, 2.05) is 19.0 Å². The second kappa shape index (κ2) is 10.4. The number of amides is 1. The van der Waals surface area contributed by atoms with Crippen molar-refractivity contribution in [3.05, 3.63) is 23.8 Å². The van der Waals surface area contributed by atoms with Crippen LogP contribution in [0.2, 0.25) is 0 Å². The number of benzene rings is 1. The van der Waals surface area contributed by atoms with E-state index < -0.39 is 11.6 Å². The molecular formula is C22H32N2O6. The molecule has 0 fully saturated rings. The Bertz CT molecular complexity index is 769. The van der Waals surface area contributed by atoms with E-state index in [-0.39, 0.29) is 31.1 Å². The molecule has 1 aromatic carbocycles. The standard InChI is InChI=1S/C22H32N2O6/c1-22(2,3)30-21(27)15-24(11-10-23(4)5)20(26)9-7-17(25)16-6-8-18-19(14-16)29-13-12-28-18/h6,8,14H,7,9-13,15H2,1-5H3. The summed E-state index contributed by atoms with van der Waals surface area (Å²) in [6.07, 6.45) is 0.0642. The molecule has 0 radical (unpaired) electrons. The summed E-state index contributed by atoms with van der Waals surface area (Å²) in [6.45, 7) is 7.11. The lowest BCUT2D eigenvalue weighted by Gasteiger charge is -2.26. The zero-order valence-electron chi connectivity index (χ0n) is 18.5. The van der Waals surface area contributed by atoms with Crippen LogP contribution >= 0.6 is 0 Å². The third-order valence-electron chi connectivity index (χ3n) is 4.34. The van der Waals surface area contributed by atoms with Crippen molar-refractivity contribution in [2.24, 2.45) is 0 Å². The number of likely N-dealkylation sites (N-methyl/N-ethyl adjacent to an activating group) is 1. The Balaban J connectivity index is 1.96. The maximum absolute atomic E-state index is 12.7. The minimum atomic E-state index is -0.623. The summed E-state index contributed by atoms with van der Waals surface area (Å²) in [4.78, 5) is 40.9. The van der Waals surface area contributed by atoms with Crippen LogP contribution in [-0.2, 0) is 14.3 Å². The highest BCUT2D eigenvalue weighted by molar-refractivity contribution is 5.98. The molecule has 1 aliphatic rings. The van der Waals surface area contributed by atoms with Crippen LogP contribution in [-0.4, -0.2) is 80.0 Å². The summed E-state index contributed by atoms with van der Waals surface area (Å²) in [6, 6.07) is 5.02. The molecule has 0 unspecified atom stereocenters. The first-order valence-corrected chi connectivity index (χ1v) is 10.1. The monoisotopic (exact) mass is 420 g/mol. The Labute approximate surface area is 178 Å². The number of carbonyl (C=O) groups excluding carboxylic acids is 3. The Hall–Kier alpha value is -2.61. The first-order valence-electron chi connectivity index (χ1n) is 10.1. The normalized spacial score (nSPS) is 13.1. The van der Waals surface area contributed by atoms with Crippen LogP contribution in [0.5, 0.6) is 11.5 Å². The van der Waals surface area contributed by atoms with Crippen molar-refractivity contribution in [1.29, 1.82) is 0 Å². The molecule has 0 N–H and O–H groups in total. The molecule has 1 aromatic rings. The molecule has 1 heterocycles. The fourth-order valence-corrected chi connectivity index (χ4v) is 2.88. The fourth-order valence-electron chi connectivity index (χ4n) is 2.88. The van der Waals surface area contributed by atoms with E-state index in [9.17, 15) is 14.4 Å². The predicted molar refractivity (Wildman–Crippen MR) is 112 cm³/mol. The van der Waals surface area contributed by atoms with Gasteiger partial charge >= 0.3 is 5.97 Å². The zero-order valence-corrected chi connectivity index (χ0v) is 18.5. The van der Waals surface area contributed by atoms with Crippen LogP contribution in [0, 0.1) is 0 Å². The average molecular weight is 421 g/mol. The Morgan fingerprint density at radius 1 is 1.00 bits per heavy atom. The number of ether oxygens (including phenoxy) is 3. The Kier molecular flexibility index (Phi) is 8.23. The number of ketones is 1. The Morgan fingerprint density at radius 2 is 1.67 bits per heavy atom. The lowest BCUT2D eigenvalue weighted by atomic mass is 10.1. The van der Waals surface area contributed by atoms with E-state index >= 15 is 0 Å². The van der Waals surface area contributed by atoms with Crippen LogP contribution in [0.3, 0.4) is 0 Å². The topological polar surface area (TPSA) is 85.4 Å². The van der Waals surface area contributed by atoms with Crippen molar-refractivity contribution in [3.63, 3.8) is 0 Å². The van der Waals surface area contributed by atoms with E-state index in [4.69, 9.17) is 14.2 Å². The van der Waals surface area contributed by atoms with Crippen LogP contribution in [0.4, 0.5) is 0 Å². The second-order valence-corrected chi connectivity index (χ2v) is 8.49. The molecule has 1 aliphatic heterocycles. The van der Waals surface area contributed by atoms with E-state index in [2.05, 4.69) is 0 Å². The number of fused-ring (bicyclic) bond motifs is 1. The van der Waals surface area contributed by atoms with Crippen molar-refractivity contribution >= 4 is 17.7 Å². The number of esters is 1. The van der Waals surface area contributed by atoms with E-state index in [0.717, 1.165) is 0 Å². The van der Waals surface area contributed by atoms with Crippen molar-refractivity contribution in [3.8, 4) is 11.5 Å². The number of nitrogens with zero attached hydrogens (tertiary/aromatic N) is 2. The molecule has 2 rings (SSSR count). The summed E-state index contributed by atoms with van der Waals surface area (Å²) in [5.41, 5.74) is -0.152. The van der Waals surface area contributed by atoms with Crippen LogP contribution in [0.25, 0.3) is 0 Å². The third kappa shape index (κ3) is 7.67. The summed E-state index contributed by atoms with van der Waals surface area (Å²) in [5.74, 6) is 0.267. The van der Waals surface area contributed by atoms with Crippen molar-refractivity contribution in [1.82, 2.24) is 9.80 Å². The van der Waals surface area contributed by atoms with Gasteiger partial charge in [-0.25, -0.2) is 0 Å². The van der Waals surface area contributed by atoms with Gasteiger partial charge in [-0.3, -0.25) is 14.4 Å². The first kappa shape index (κ1) is 23.7. The molecular weight excluding hydrogens is 388 g/mol. The highest BCUT2D eigenvalue weighted by Crippen LogP contribution is 2.31. The smallest absolute Gasteiger partial charge is 0.326 e. The van der Waals surface area contributed by atoms with Crippen LogP contribution in [0.15, 0.2) is 18.2 Å². The van der Waals surface area contributed by atoms with Crippen molar-refractivity contribution in [2.45, 2.75) is 39.2 Å². The van der Waals surface area contributed by atoms with Crippen molar-refractivity contribution in [2.75, 3.05) is 46.9 Å². The molecule has 30 heavy (non-hydrogen) atoms. The van der Waals surface area contributed by atoms with Crippen molar-refractivity contribution < 1.29 is 28.6 Å².